The van der Waals surface area contributed by atoms with Gasteiger partial charge in [0.15, 0.2) is 9.86 Å². The number of ether oxygens (including phenoxy) is 4. The molecule has 0 fully saturated rings. The Morgan fingerprint density at radius 2 is 1.50 bits per heavy atom. The number of carboxylic acid groups (broad SMARTS) is 1. The van der Waals surface area contributed by atoms with E-state index in [4.69, 9.17) is 80.2 Å². The van der Waals surface area contributed by atoms with Crippen LogP contribution < -0.4 is 54.6 Å². The predicted molar refractivity (Wildman–Crippen MR) is 343 cm³/mol. The van der Waals surface area contributed by atoms with Crippen LogP contribution in [0.5, 0.6) is 29.0 Å². The van der Waals surface area contributed by atoms with E-state index in [9.17, 15) is 68.7 Å². The van der Waals surface area contributed by atoms with E-state index in [1.54, 1.807) is 14.3 Å². The van der Waals surface area contributed by atoms with Crippen LogP contribution in [-0.2, 0) is 40.4 Å². The first-order chi connectivity index (χ1) is 44.6. The normalized spacial score (nSPS) is 12.5. The van der Waals surface area contributed by atoms with Crippen LogP contribution in [0.15, 0.2) is 90.1 Å². The molecule has 96 heavy (non-hydrogen) atoms. The largest absolute Gasteiger partial charge is 0.489 e. The number of nitro benzene ring substituents is 1. The van der Waals surface area contributed by atoms with Gasteiger partial charge in [0.05, 0.1) is 72.2 Å². The minimum absolute atomic E-state index is 0.0672. The molecule has 4 heterocycles. The number of para-hydroxylation sites is 2. The number of aromatic nitrogens is 6. The number of rotatable bonds is 20. The van der Waals surface area contributed by atoms with Crippen LogP contribution >= 0.6 is 54.0 Å². The Bertz CT molecular complexity index is 4000. The third kappa shape index (κ3) is 27.5. The number of pyridine rings is 1. The van der Waals surface area contributed by atoms with Gasteiger partial charge in [0.2, 0.25) is 44.9 Å². The van der Waals surface area contributed by atoms with Crippen LogP contribution in [0.3, 0.4) is 0 Å². The molecule has 524 valence electrons. The van der Waals surface area contributed by atoms with Crippen molar-refractivity contribution in [3.63, 3.8) is 0 Å². The molecule has 1 unspecified atom stereocenters. The van der Waals surface area contributed by atoms with E-state index in [0.717, 1.165) is 36.5 Å². The van der Waals surface area contributed by atoms with E-state index in [2.05, 4.69) is 51.2 Å². The summed E-state index contributed by atoms with van der Waals surface area (Å²) < 4.78 is 120. The summed E-state index contributed by atoms with van der Waals surface area (Å²) in [6.45, 7) is 8.63. The van der Waals surface area contributed by atoms with Crippen molar-refractivity contribution in [2.24, 2.45) is 0 Å². The third-order valence-corrected chi connectivity index (χ3v) is 14.1. The van der Waals surface area contributed by atoms with E-state index < -0.39 is 107 Å². The first-order valence-electron chi connectivity index (χ1n) is 26.6. The molecule has 9 N–H and O–H groups in total. The van der Waals surface area contributed by atoms with E-state index in [0.29, 0.717) is 42.6 Å². The SMILES string of the molecule is CC1COc2ccccc2N1C(=O)C(Cl)Cl.CCNc1nc(Cl)nc(NC(C)C)n1.COc1cc(OC)nc(NC(=O)NS(=O)(=O)c2ncccc2C(=O)N(C)C)n1.CS(=O)(=O)NC(=O)c1cc(Oc2ccc(C(F)(F)F)cc2Cl)ccc1[N+](=O)[O-].O=C(O)CNCP(=O)(O)O. The zero-order chi connectivity index (χ0) is 72.6. The van der Waals surface area contributed by atoms with Crippen molar-refractivity contribution in [1.29, 1.82) is 0 Å². The molecule has 1 aliphatic rings. The zero-order valence-corrected chi connectivity index (χ0v) is 57.0. The molecule has 6 aromatic rings. The summed E-state index contributed by atoms with van der Waals surface area (Å²) in [5.74, 6) is -2.12. The summed E-state index contributed by atoms with van der Waals surface area (Å²) in [5, 5.41) is 28.5. The molecule has 0 aliphatic carbocycles. The molecule has 34 nitrogen and oxygen atoms in total. The maximum atomic E-state index is 12.7. The highest BCUT2D eigenvalue weighted by Gasteiger charge is 2.34. The second kappa shape index (κ2) is 36.9. The highest BCUT2D eigenvalue weighted by Crippen LogP contribution is 2.38. The Balaban J connectivity index is 0.000000329. The number of nitrogens with one attached hydrogen (secondary N) is 6. The molecule has 0 saturated heterocycles. The summed E-state index contributed by atoms with van der Waals surface area (Å²) in [6.07, 6.45) is -3.35. The Labute approximate surface area is 565 Å². The molecule has 0 bridgehead atoms. The number of urea groups is 1. The monoisotopic (exact) mass is 1490 g/mol. The smallest absolute Gasteiger partial charge is 0.416 e. The average molecular weight is 1490 g/mol. The van der Waals surface area contributed by atoms with Crippen molar-refractivity contribution in [2.75, 3.05) is 81.4 Å². The number of sulfonamides is 2. The summed E-state index contributed by atoms with van der Waals surface area (Å²) >= 11 is 22.7. The second-order valence-corrected chi connectivity index (χ2v) is 26.0. The lowest BCUT2D eigenvalue weighted by atomic mass is 10.1. The maximum absolute atomic E-state index is 12.7. The fourth-order valence-corrected chi connectivity index (χ4v) is 9.44. The van der Waals surface area contributed by atoms with Crippen LogP contribution in [0.2, 0.25) is 10.3 Å². The van der Waals surface area contributed by atoms with E-state index >= 15 is 0 Å². The highest BCUT2D eigenvalue weighted by molar-refractivity contribution is 7.90. The molecule has 7 rings (SSSR count). The third-order valence-electron chi connectivity index (χ3n) is 10.8. The van der Waals surface area contributed by atoms with Gasteiger partial charge in [-0.15, -0.1) is 0 Å². The van der Waals surface area contributed by atoms with Gasteiger partial charge in [0, 0.05) is 45.0 Å². The van der Waals surface area contributed by atoms with E-state index in [1.165, 1.54) is 57.6 Å². The number of carboxylic acids is 1. The summed E-state index contributed by atoms with van der Waals surface area (Å²) in [5.41, 5.74) is -1.81. The summed E-state index contributed by atoms with van der Waals surface area (Å²) in [6, 6.07) is 15.5. The minimum Gasteiger partial charge on any atom is -0.489 e. The van der Waals surface area contributed by atoms with Crippen molar-refractivity contribution in [1.82, 2.24) is 49.6 Å². The first-order valence-corrected chi connectivity index (χ1v) is 33.4. The number of nitro groups is 1. The quantitative estimate of drug-likeness (QED) is 0.0160. The van der Waals surface area contributed by atoms with Gasteiger partial charge in [-0.3, -0.25) is 44.5 Å². The van der Waals surface area contributed by atoms with Crippen LogP contribution in [0, 0.1) is 10.1 Å². The Hall–Kier alpha value is -8.79. The van der Waals surface area contributed by atoms with Gasteiger partial charge >= 0.3 is 25.8 Å². The predicted octanol–water partition coefficient (Wildman–Crippen LogP) is 7.03. The van der Waals surface area contributed by atoms with Gasteiger partial charge in [-0.1, -0.05) is 46.9 Å². The van der Waals surface area contributed by atoms with Crippen molar-refractivity contribution in [2.45, 2.75) is 55.8 Å². The number of methoxy groups -OCH3 is 2. The number of halogens is 7. The molecule has 1 aliphatic heterocycles. The topological polar surface area (TPSA) is 467 Å². The van der Waals surface area contributed by atoms with Gasteiger partial charge in [0.1, 0.15) is 29.4 Å². The van der Waals surface area contributed by atoms with Crippen molar-refractivity contribution in [3.05, 3.63) is 122 Å². The standard InChI is InChI=1S/C15H10ClF3N2O6S.C15H18N6O6S.C11H11Cl2NO2.C8H14ClN5.C3H8NO5P/c1-28(25,26)20-14(22)10-7-9(3-4-12(10)21(23)24)27-13-5-2-8(6-11(13)16)15(17,18)19;1-21(2)13(22)9-6-5-7-16-12(9)28(24,25)20-15(23)19-14-17-10(26-3)8-11(18-14)27-4;1-7-6-16-9-5-3-2-4-8(9)14(7)11(15)10(12)13;1-4-10-7-12-6(9)13-8(14-7)11-5(2)3;5-3(6)1-4-2-10(7,8)9/h2-7H,1H3,(H,20,22);5-8H,1-4H3,(H2,17,18,19,20,23);2-5,7,10H,6H2,1H3;5H,4H2,1-3H3,(H2,10,11,12,13,14);4H,1-2H2,(H,5,6)(H2,7,8,9). The number of carbonyl (C=O) groups excluding carboxylic acids is 4. The number of carbonyl (C=O) groups is 5. The average Bonchev–Trinajstić information content (AvgIpc) is 0.925. The fourth-order valence-electron chi connectivity index (χ4n) is 6.97. The maximum Gasteiger partial charge on any atom is 0.416 e. The van der Waals surface area contributed by atoms with Gasteiger partial charge < -0.3 is 54.3 Å². The number of amides is 5. The molecule has 1 atom stereocenters. The Kier molecular flexibility index (Phi) is 31.3. The minimum atomic E-state index is -4.62. The second-order valence-electron chi connectivity index (χ2n) is 19.1. The zero-order valence-electron chi connectivity index (χ0n) is 51.5. The van der Waals surface area contributed by atoms with Crippen molar-refractivity contribution >= 4 is 133 Å². The lowest BCUT2D eigenvalue weighted by molar-refractivity contribution is -0.385. The van der Waals surface area contributed by atoms with Crippen LogP contribution in [-0.4, -0.2) is 179 Å². The van der Waals surface area contributed by atoms with Gasteiger partial charge in [-0.25, -0.2) is 27.6 Å². The Morgan fingerprint density at radius 3 is 2.03 bits per heavy atom. The van der Waals surface area contributed by atoms with Crippen LogP contribution in [0.4, 0.5) is 47.2 Å². The molecule has 0 saturated carbocycles. The summed E-state index contributed by atoms with van der Waals surface area (Å²) in [4.78, 5) is 110. The van der Waals surface area contributed by atoms with Gasteiger partial charge in [0.25, 0.3) is 33.4 Å². The molecule has 0 radical (unpaired) electrons. The summed E-state index contributed by atoms with van der Waals surface area (Å²) in [7, 11) is -6.95. The lowest BCUT2D eigenvalue weighted by Gasteiger charge is -2.35. The van der Waals surface area contributed by atoms with Crippen molar-refractivity contribution in [3.8, 4) is 29.0 Å². The molecular formula is C52H61Cl4F3N15O19PS2. The number of hydrogen-bond acceptors (Lipinski definition) is 25. The van der Waals surface area contributed by atoms with Gasteiger partial charge in [-0.05, 0) is 87.8 Å². The Morgan fingerprint density at radius 1 is 0.875 bits per heavy atom. The molecule has 3 aromatic carbocycles. The molecule has 0 spiro atoms. The fraction of sp³-hybridized carbons (Fsp3) is 0.327. The van der Waals surface area contributed by atoms with Crippen molar-refractivity contribution < 1.29 is 97.3 Å². The molecule has 3 aromatic heterocycles. The number of alkyl halides is 5. The number of hydrogen-bond donors (Lipinski definition) is 9. The number of aliphatic carboxylic acids is 1. The van der Waals surface area contributed by atoms with E-state index in [1.807, 2.05) is 52.0 Å². The van der Waals surface area contributed by atoms with E-state index in [-0.39, 0.29) is 58.0 Å². The van der Waals surface area contributed by atoms with Crippen LogP contribution in [0.25, 0.3) is 0 Å². The van der Waals surface area contributed by atoms with Gasteiger partial charge in [-0.2, -0.15) is 46.5 Å². The molecular weight excluding hydrogens is 1430 g/mol. The number of anilines is 4. The number of nitrogens with zero attached hydrogens (tertiary/aromatic N) is 9. The molecule has 44 heteroatoms. The number of benzene rings is 3. The first kappa shape index (κ1) is 81.4. The lowest BCUT2D eigenvalue weighted by Crippen LogP contribution is -2.47. The van der Waals surface area contributed by atoms with Crippen LogP contribution in [0.1, 0.15) is 54.0 Å². The molecule has 5 amide bonds. The highest BCUT2D eigenvalue weighted by atomic mass is 35.5. The number of fused-ring (bicyclic) bond motifs is 1.